The van der Waals surface area contributed by atoms with Crippen LogP contribution in [0.1, 0.15) is 45.2 Å². The van der Waals surface area contributed by atoms with Gasteiger partial charge in [-0.3, -0.25) is 10.1 Å². The van der Waals surface area contributed by atoms with Gasteiger partial charge in [-0.15, -0.1) is 0 Å². The first-order valence-electron chi connectivity index (χ1n) is 10.9. The molecule has 2 N–H and O–H groups in total. The molecule has 2 saturated heterocycles. The predicted molar refractivity (Wildman–Crippen MR) is 129 cm³/mol. The second kappa shape index (κ2) is 7.03. The quantitative estimate of drug-likeness (QED) is 0.460. The minimum Gasteiger partial charge on any atom is -0.348 e. The predicted octanol–water partition coefficient (Wildman–Crippen LogP) is 4.41. The monoisotopic (exact) mass is 466 g/mol. The van der Waals surface area contributed by atoms with Crippen LogP contribution >= 0.6 is 22.7 Å². The third-order valence-corrected chi connectivity index (χ3v) is 9.14. The molecule has 3 atom stereocenters. The number of nitrogens with one attached hydrogen (secondary N) is 2. The lowest BCUT2D eigenvalue weighted by molar-refractivity contribution is 0.208. The molecule has 4 aromatic heterocycles. The SMILES string of the molecule is Cc1[nH]ncc1-c1cnc(-c2nc3sc(N(C)[C@H]4C[C@]5(C)CC[C@](C)(C4)N5)nc3s2)cn1. The van der Waals surface area contributed by atoms with E-state index in [1.165, 1.54) is 12.8 Å². The Labute approximate surface area is 194 Å². The Morgan fingerprint density at radius 1 is 0.969 bits per heavy atom. The van der Waals surface area contributed by atoms with Gasteiger partial charge in [0.2, 0.25) is 0 Å². The molecule has 6 heterocycles. The van der Waals surface area contributed by atoms with E-state index in [4.69, 9.17) is 9.97 Å². The number of hydrogen-bond donors (Lipinski definition) is 2. The third kappa shape index (κ3) is 3.32. The number of thiazole rings is 2. The molecule has 10 heteroatoms. The lowest BCUT2D eigenvalue weighted by atomic mass is 9.84. The Bertz CT molecular complexity index is 1240. The third-order valence-electron chi connectivity index (χ3n) is 7.00. The largest absolute Gasteiger partial charge is 0.348 e. The molecule has 0 saturated carbocycles. The van der Waals surface area contributed by atoms with Crippen molar-refractivity contribution in [3.8, 4) is 22.0 Å². The van der Waals surface area contributed by atoms with Crippen molar-refractivity contribution >= 4 is 37.5 Å². The molecule has 166 valence electrons. The van der Waals surface area contributed by atoms with Crippen LogP contribution in [0.3, 0.4) is 0 Å². The van der Waals surface area contributed by atoms with Crippen LogP contribution in [0.2, 0.25) is 0 Å². The fourth-order valence-electron chi connectivity index (χ4n) is 5.33. The number of anilines is 1. The summed E-state index contributed by atoms with van der Waals surface area (Å²) in [5.41, 5.74) is 4.01. The first-order valence-corrected chi connectivity index (χ1v) is 12.6. The molecule has 8 nitrogen and oxygen atoms in total. The normalized spacial score (nSPS) is 27.3. The number of aromatic nitrogens is 6. The summed E-state index contributed by atoms with van der Waals surface area (Å²) in [4.78, 5) is 23.2. The molecular weight excluding hydrogens is 440 g/mol. The van der Waals surface area contributed by atoms with Crippen molar-refractivity contribution in [3.05, 3.63) is 24.3 Å². The zero-order valence-corrected chi connectivity index (χ0v) is 20.3. The van der Waals surface area contributed by atoms with E-state index in [0.29, 0.717) is 6.04 Å². The lowest BCUT2D eigenvalue weighted by Gasteiger charge is -2.45. The van der Waals surface area contributed by atoms with Gasteiger partial charge in [0.15, 0.2) is 14.8 Å². The van der Waals surface area contributed by atoms with Crippen LogP contribution in [0.4, 0.5) is 5.13 Å². The van der Waals surface area contributed by atoms with E-state index in [9.17, 15) is 0 Å². The zero-order chi connectivity index (χ0) is 22.1. The van der Waals surface area contributed by atoms with Crippen LogP contribution in [-0.4, -0.2) is 54.3 Å². The number of aryl methyl sites for hydroxylation is 1. The van der Waals surface area contributed by atoms with Crippen LogP contribution < -0.4 is 10.2 Å². The zero-order valence-electron chi connectivity index (χ0n) is 18.6. The average Bonchev–Trinajstić information content (AvgIpc) is 3.49. The molecule has 0 radical (unpaired) electrons. The molecule has 2 bridgehead atoms. The van der Waals surface area contributed by atoms with Crippen molar-refractivity contribution in [2.24, 2.45) is 0 Å². The van der Waals surface area contributed by atoms with Crippen molar-refractivity contribution in [3.63, 3.8) is 0 Å². The summed E-state index contributed by atoms with van der Waals surface area (Å²) in [7, 11) is 2.19. The Balaban J connectivity index is 1.23. The highest BCUT2D eigenvalue weighted by Crippen LogP contribution is 2.45. The number of hydrogen-bond acceptors (Lipinski definition) is 9. The highest BCUT2D eigenvalue weighted by atomic mass is 32.1. The van der Waals surface area contributed by atoms with Gasteiger partial charge >= 0.3 is 0 Å². The van der Waals surface area contributed by atoms with Gasteiger partial charge in [-0.1, -0.05) is 22.7 Å². The van der Waals surface area contributed by atoms with Gasteiger partial charge in [0.1, 0.15) is 10.7 Å². The molecule has 4 aromatic rings. The molecule has 0 aliphatic carbocycles. The maximum atomic E-state index is 4.94. The van der Waals surface area contributed by atoms with Crippen LogP contribution in [0, 0.1) is 6.92 Å². The van der Waals surface area contributed by atoms with Crippen molar-refractivity contribution in [1.82, 2.24) is 35.5 Å². The van der Waals surface area contributed by atoms with E-state index in [1.807, 2.05) is 6.92 Å². The highest BCUT2D eigenvalue weighted by Gasteiger charge is 2.49. The van der Waals surface area contributed by atoms with E-state index >= 15 is 0 Å². The van der Waals surface area contributed by atoms with Crippen molar-refractivity contribution in [2.75, 3.05) is 11.9 Å². The molecule has 2 aliphatic heterocycles. The molecule has 2 fully saturated rings. The van der Waals surface area contributed by atoms with E-state index < -0.39 is 0 Å². The summed E-state index contributed by atoms with van der Waals surface area (Å²) in [6.07, 6.45) is 10.2. The molecule has 0 unspecified atom stereocenters. The minimum atomic E-state index is 0.242. The second-order valence-electron chi connectivity index (χ2n) is 9.74. The first-order chi connectivity index (χ1) is 15.3. The summed E-state index contributed by atoms with van der Waals surface area (Å²) >= 11 is 3.25. The van der Waals surface area contributed by atoms with Crippen molar-refractivity contribution in [1.29, 1.82) is 0 Å². The van der Waals surface area contributed by atoms with Crippen LogP contribution in [0.25, 0.3) is 31.6 Å². The number of fused-ring (bicyclic) bond motifs is 3. The second-order valence-corrected chi connectivity index (χ2v) is 11.7. The molecule has 0 spiro atoms. The maximum Gasteiger partial charge on any atom is 0.188 e. The molecule has 32 heavy (non-hydrogen) atoms. The highest BCUT2D eigenvalue weighted by molar-refractivity contribution is 7.29. The summed E-state index contributed by atoms with van der Waals surface area (Å²) < 4.78 is 0. The van der Waals surface area contributed by atoms with Gasteiger partial charge in [-0.05, 0) is 46.5 Å². The number of nitrogens with zero attached hydrogens (tertiary/aromatic N) is 6. The Morgan fingerprint density at radius 2 is 1.66 bits per heavy atom. The van der Waals surface area contributed by atoms with Gasteiger partial charge in [-0.2, -0.15) is 5.10 Å². The number of rotatable bonds is 4. The topological polar surface area (TPSA) is 95.5 Å². The van der Waals surface area contributed by atoms with Crippen LogP contribution in [0.5, 0.6) is 0 Å². The minimum absolute atomic E-state index is 0.242. The first kappa shape index (κ1) is 20.2. The smallest absolute Gasteiger partial charge is 0.188 e. The average molecular weight is 467 g/mol. The summed E-state index contributed by atoms with van der Waals surface area (Å²) in [6.45, 7) is 6.71. The van der Waals surface area contributed by atoms with Crippen LogP contribution in [0.15, 0.2) is 18.6 Å². The molecule has 0 amide bonds. The standard InChI is InChI=1S/C22H26N8S2/c1-12-14(9-25-28-12)15-10-24-16(11-23-15)17-26-18-19(31-17)27-20(32-18)30(4)13-7-21(2)5-6-22(3,8-13)29-21/h9-11,13,29H,5-8H2,1-4H3,(H,25,28)/t13-,21-,22+. The fraction of sp³-hybridized carbons (Fsp3) is 0.500. The molecule has 6 rings (SSSR count). The molecule has 0 aromatic carbocycles. The van der Waals surface area contributed by atoms with Gasteiger partial charge in [-0.25, -0.2) is 15.0 Å². The van der Waals surface area contributed by atoms with E-state index in [2.05, 4.69) is 51.3 Å². The van der Waals surface area contributed by atoms with Crippen molar-refractivity contribution in [2.45, 2.75) is 63.6 Å². The maximum absolute atomic E-state index is 4.94. The van der Waals surface area contributed by atoms with Crippen LogP contribution in [-0.2, 0) is 0 Å². The Kier molecular flexibility index (Phi) is 4.44. The molecular formula is C22H26N8S2. The summed E-state index contributed by atoms with van der Waals surface area (Å²) in [6, 6.07) is 0.498. The van der Waals surface area contributed by atoms with E-state index in [1.54, 1.807) is 41.3 Å². The van der Waals surface area contributed by atoms with E-state index in [0.717, 1.165) is 55.3 Å². The summed E-state index contributed by atoms with van der Waals surface area (Å²) in [5.74, 6) is 0. The number of piperidine rings is 1. The Hall–Kier alpha value is -2.43. The van der Waals surface area contributed by atoms with Gasteiger partial charge in [0.25, 0.3) is 0 Å². The van der Waals surface area contributed by atoms with Gasteiger partial charge in [0, 0.05) is 35.4 Å². The number of H-pyrrole nitrogens is 1. The lowest BCUT2D eigenvalue weighted by Crippen LogP contribution is -2.58. The number of aromatic amines is 1. The van der Waals surface area contributed by atoms with Gasteiger partial charge < -0.3 is 10.2 Å². The van der Waals surface area contributed by atoms with E-state index in [-0.39, 0.29) is 11.1 Å². The summed E-state index contributed by atoms with van der Waals surface area (Å²) in [5, 5.41) is 12.8. The Morgan fingerprint density at radius 3 is 2.28 bits per heavy atom. The van der Waals surface area contributed by atoms with Gasteiger partial charge in [0.05, 0.1) is 24.3 Å². The van der Waals surface area contributed by atoms with Crippen molar-refractivity contribution < 1.29 is 0 Å². The fourth-order valence-corrected chi connectivity index (χ4v) is 7.37. The molecule has 2 aliphatic rings.